The molecule has 0 spiro atoms. The van der Waals surface area contributed by atoms with Gasteiger partial charge in [-0.1, -0.05) is 0 Å². The number of carbonyl (C=O) groups is 1. The number of anilines is 2. The predicted molar refractivity (Wildman–Crippen MR) is 97.4 cm³/mol. The number of hydrogen-bond acceptors (Lipinski definition) is 6. The van der Waals surface area contributed by atoms with Crippen molar-refractivity contribution in [1.82, 2.24) is 5.32 Å². The average Bonchev–Trinajstić information content (AvgIpc) is 2.66. The van der Waals surface area contributed by atoms with E-state index in [0.717, 1.165) is 31.9 Å². The van der Waals surface area contributed by atoms with E-state index in [1.54, 1.807) is 26.0 Å². The Bertz CT molecular complexity index is 657. The Morgan fingerprint density at radius 1 is 1.22 bits per heavy atom. The summed E-state index contributed by atoms with van der Waals surface area (Å²) < 4.78 is 49.7. The lowest BCUT2D eigenvalue weighted by Crippen LogP contribution is -2.46. The summed E-state index contributed by atoms with van der Waals surface area (Å²) in [6.07, 6.45) is -4.96. The van der Waals surface area contributed by atoms with Gasteiger partial charge in [-0.3, -0.25) is 4.79 Å². The smallest absolute Gasteiger partial charge is 0.377 e. The monoisotopic (exact) mass is 389 g/mol. The molecule has 2 N–H and O–H groups in total. The van der Waals surface area contributed by atoms with Crippen LogP contribution in [0.1, 0.15) is 24.2 Å². The van der Waals surface area contributed by atoms with Crippen LogP contribution < -0.4 is 15.5 Å². The Morgan fingerprint density at radius 2 is 1.81 bits per heavy atom. The van der Waals surface area contributed by atoms with Gasteiger partial charge >= 0.3 is 6.18 Å². The first kappa shape index (κ1) is 21.5. The molecule has 1 saturated heterocycles. The van der Waals surface area contributed by atoms with Crippen molar-refractivity contribution < 1.29 is 27.4 Å². The molecule has 152 valence electrons. The molecule has 0 radical (unpaired) electrons. The summed E-state index contributed by atoms with van der Waals surface area (Å²) in [5.41, 5.74) is 0.422. The molecule has 1 heterocycles. The van der Waals surface area contributed by atoms with Crippen molar-refractivity contribution in [3.05, 3.63) is 23.8 Å². The molecule has 2 rings (SSSR count). The van der Waals surface area contributed by atoms with E-state index in [1.807, 2.05) is 0 Å². The van der Waals surface area contributed by atoms with Gasteiger partial charge in [0, 0.05) is 51.8 Å². The molecular weight excluding hydrogens is 363 g/mol. The van der Waals surface area contributed by atoms with Crippen molar-refractivity contribution in [2.24, 2.45) is 0 Å². The maximum Gasteiger partial charge on any atom is 0.454 e. The number of nitrogens with zero attached hydrogens (tertiary/aromatic N) is 1. The molecule has 27 heavy (non-hydrogen) atoms. The predicted octanol–water partition coefficient (Wildman–Crippen LogP) is 2.65. The highest BCUT2D eigenvalue weighted by molar-refractivity contribution is 6.05. The summed E-state index contributed by atoms with van der Waals surface area (Å²) in [6.45, 7) is 6.41. The van der Waals surface area contributed by atoms with E-state index in [2.05, 4.69) is 15.5 Å². The Labute approximate surface area is 157 Å². The van der Waals surface area contributed by atoms with Crippen LogP contribution in [0.4, 0.5) is 24.5 Å². The number of ketones is 1. The van der Waals surface area contributed by atoms with E-state index in [4.69, 9.17) is 9.47 Å². The van der Waals surface area contributed by atoms with Crippen LogP contribution in [-0.2, 0) is 9.47 Å². The second-order valence-electron chi connectivity index (χ2n) is 6.58. The Kier molecular flexibility index (Phi) is 6.72. The van der Waals surface area contributed by atoms with Crippen LogP contribution in [0.25, 0.3) is 0 Å². The number of carbonyl (C=O) groups excluding carboxylic acids is 1. The minimum Gasteiger partial charge on any atom is -0.377 e. The van der Waals surface area contributed by atoms with Gasteiger partial charge in [-0.2, -0.15) is 13.2 Å². The lowest BCUT2D eigenvalue weighted by Gasteiger charge is -2.35. The summed E-state index contributed by atoms with van der Waals surface area (Å²) in [5, 5.41) is 6.19. The van der Waals surface area contributed by atoms with Crippen LogP contribution in [0, 0.1) is 0 Å². The van der Waals surface area contributed by atoms with Crippen LogP contribution in [-0.4, -0.2) is 64.2 Å². The van der Waals surface area contributed by atoms with Crippen LogP contribution in [0.2, 0.25) is 0 Å². The van der Waals surface area contributed by atoms with Gasteiger partial charge in [-0.25, -0.2) is 0 Å². The number of alkyl halides is 3. The molecular formula is C18H26F3N3O3. The minimum absolute atomic E-state index is 0.0983. The van der Waals surface area contributed by atoms with E-state index in [0.29, 0.717) is 0 Å². The lowest BCUT2D eigenvalue weighted by molar-refractivity contribution is -0.199. The third-order valence-electron chi connectivity index (χ3n) is 4.96. The van der Waals surface area contributed by atoms with Gasteiger partial charge in [0.05, 0.1) is 11.6 Å². The molecule has 1 aliphatic heterocycles. The summed E-state index contributed by atoms with van der Waals surface area (Å²) in [7, 11) is 2.89. The van der Waals surface area contributed by atoms with Crippen molar-refractivity contribution in [3.63, 3.8) is 0 Å². The van der Waals surface area contributed by atoms with Gasteiger partial charge in [0.25, 0.3) is 5.78 Å². The minimum atomic E-state index is -4.96. The van der Waals surface area contributed by atoms with Gasteiger partial charge in [-0.15, -0.1) is 0 Å². The fraction of sp³-hybridized carbons (Fsp3) is 0.611. The van der Waals surface area contributed by atoms with Gasteiger partial charge in [0.2, 0.25) is 0 Å². The van der Waals surface area contributed by atoms with Crippen molar-refractivity contribution >= 4 is 17.2 Å². The van der Waals surface area contributed by atoms with Gasteiger partial charge < -0.3 is 25.0 Å². The first-order valence-electron chi connectivity index (χ1n) is 8.70. The topological polar surface area (TPSA) is 62.8 Å². The number of benzene rings is 1. The molecule has 9 heteroatoms. The molecule has 0 saturated carbocycles. The number of Topliss-reactive ketones (excluding diaryl/α,β-unsaturated/α-hetero) is 1. The summed E-state index contributed by atoms with van der Waals surface area (Å²) >= 11 is 0. The van der Waals surface area contributed by atoms with Gasteiger partial charge in [-0.05, 0) is 32.0 Å². The molecule has 1 aliphatic rings. The van der Waals surface area contributed by atoms with E-state index >= 15 is 0 Å². The number of hydrogen-bond donors (Lipinski definition) is 2. The fourth-order valence-corrected chi connectivity index (χ4v) is 2.92. The average molecular weight is 389 g/mol. The zero-order valence-electron chi connectivity index (χ0n) is 15.9. The molecule has 0 amide bonds. The van der Waals surface area contributed by atoms with E-state index in [1.165, 1.54) is 20.3 Å². The van der Waals surface area contributed by atoms with Crippen LogP contribution in [0.15, 0.2) is 18.2 Å². The highest BCUT2D eigenvalue weighted by Gasteiger charge is 2.41. The molecule has 0 aromatic heterocycles. The number of methoxy groups -OCH3 is 2. The second kappa shape index (κ2) is 8.45. The molecule has 0 bridgehead atoms. The zero-order valence-corrected chi connectivity index (χ0v) is 15.9. The third-order valence-corrected chi connectivity index (χ3v) is 4.96. The summed E-state index contributed by atoms with van der Waals surface area (Å²) in [6, 6.07) is 3.82. The molecule has 1 aromatic carbocycles. The SMILES string of the molecule is COC(C)(OC)C(C)Nc1cc(N2CCNCC2)ccc1C(=O)C(F)(F)F. The molecule has 0 aliphatic carbocycles. The number of piperazine rings is 1. The molecule has 1 fully saturated rings. The number of rotatable bonds is 7. The van der Waals surface area contributed by atoms with Crippen molar-refractivity contribution in [2.75, 3.05) is 50.6 Å². The zero-order chi connectivity index (χ0) is 20.2. The fourth-order valence-electron chi connectivity index (χ4n) is 2.92. The number of halogens is 3. The van der Waals surface area contributed by atoms with Crippen molar-refractivity contribution in [1.29, 1.82) is 0 Å². The molecule has 1 atom stereocenters. The quantitative estimate of drug-likeness (QED) is 0.552. The maximum absolute atomic E-state index is 13.0. The first-order chi connectivity index (χ1) is 12.6. The van der Waals surface area contributed by atoms with Crippen LogP contribution in [0.3, 0.4) is 0 Å². The Morgan fingerprint density at radius 3 is 2.33 bits per heavy atom. The molecule has 6 nitrogen and oxygen atoms in total. The standard InChI is InChI=1S/C18H26F3N3O3/c1-12(17(2,26-3)27-4)23-15-11-13(24-9-7-22-8-10-24)5-6-14(15)16(25)18(19,20)21/h5-6,11-12,22-23H,7-10H2,1-4H3. The lowest BCUT2D eigenvalue weighted by atomic mass is 10.0. The van der Waals surface area contributed by atoms with Gasteiger partial charge in [0.1, 0.15) is 0 Å². The highest BCUT2D eigenvalue weighted by Crippen LogP contribution is 2.32. The normalized spacial score (nSPS) is 16.9. The third kappa shape index (κ3) is 4.91. The first-order valence-corrected chi connectivity index (χ1v) is 8.70. The van der Waals surface area contributed by atoms with Crippen molar-refractivity contribution in [3.8, 4) is 0 Å². The largest absolute Gasteiger partial charge is 0.454 e. The molecule has 1 aromatic rings. The van der Waals surface area contributed by atoms with E-state index in [9.17, 15) is 18.0 Å². The highest BCUT2D eigenvalue weighted by atomic mass is 19.4. The second-order valence-corrected chi connectivity index (χ2v) is 6.58. The Hall–Kier alpha value is -1.84. The summed E-state index contributed by atoms with van der Waals surface area (Å²) in [4.78, 5) is 13.9. The molecule has 1 unspecified atom stereocenters. The van der Waals surface area contributed by atoms with E-state index < -0.39 is 29.4 Å². The van der Waals surface area contributed by atoms with E-state index in [-0.39, 0.29) is 5.69 Å². The number of ether oxygens (including phenoxy) is 2. The Balaban J connectivity index is 2.40. The number of nitrogens with one attached hydrogen (secondary N) is 2. The summed E-state index contributed by atoms with van der Waals surface area (Å²) in [5.74, 6) is -2.97. The van der Waals surface area contributed by atoms with Crippen molar-refractivity contribution in [2.45, 2.75) is 31.9 Å². The maximum atomic E-state index is 13.0. The van der Waals surface area contributed by atoms with Gasteiger partial charge in [0.15, 0.2) is 5.79 Å². The van der Waals surface area contributed by atoms with Crippen LogP contribution in [0.5, 0.6) is 0 Å². The van der Waals surface area contributed by atoms with Crippen LogP contribution >= 0.6 is 0 Å².